The van der Waals surface area contributed by atoms with Crippen LogP contribution in [0.4, 0.5) is 10.8 Å². The zero-order valence-electron chi connectivity index (χ0n) is 15.8. The molecule has 0 bridgehead atoms. The predicted molar refractivity (Wildman–Crippen MR) is 119 cm³/mol. The Morgan fingerprint density at radius 1 is 1.13 bits per heavy atom. The molecule has 1 heterocycles. The predicted octanol–water partition coefficient (Wildman–Crippen LogP) is 3.93. The molecule has 0 unspecified atom stereocenters. The van der Waals surface area contributed by atoms with E-state index in [1.807, 2.05) is 12.1 Å². The second kappa shape index (κ2) is 9.17. The molecule has 8 nitrogen and oxygen atoms in total. The van der Waals surface area contributed by atoms with Gasteiger partial charge in [-0.1, -0.05) is 34.5 Å². The number of carbonyl (C=O) groups is 1. The lowest BCUT2D eigenvalue weighted by Crippen LogP contribution is -2.37. The van der Waals surface area contributed by atoms with Crippen LogP contribution in [-0.2, 0) is 14.8 Å². The Labute approximate surface area is 187 Å². The molecule has 0 fully saturated rings. The molecule has 158 valence electrons. The Balaban J connectivity index is 1.75. The third-order valence-corrected chi connectivity index (χ3v) is 6.30. The summed E-state index contributed by atoms with van der Waals surface area (Å²) in [6.45, 7) is -0.479. The maximum atomic E-state index is 12.5. The standard InChI is InChI=1S/C18H16Cl2N4O4S2/c1-28-15-5-3-11(4-6-15)17-22-23-18(29-17)21-16(25)10-24(30(2,26)27)14-8-12(19)7-13(20)9-14/h3-9H,10H2,1-2H3,(H,21,23,25). The average Bonchev–Trinajstić information content (AvgIpc) is 3.13. The molecule has 0 atom stereocenters. The van der Waals surface area contributed by atoms with E-state index in [1.165, 1.54) is 18.2 Å². The van der Waals surface area contributed by atoms with Crippen molar-refractivity contribution in [3.8, 4) is 16.3 Å². The molecule has 2 aromatic carbocycles. The van der Waals surface area contributed by atoms with Gasteiger partial charge in [0.1, 0.15) is 17.3 Å². The van der Waals surface area contributed by atoms with E-state index in [4.69, 9.17) is 27.9 Å². The zero-order valence-corrected chi connectivity index (χ0v) is 18.9. The molecule has 1 N–H and O–H groups in total. The van der Waals surface area contributed by atoms with Crippen molar-refractivity contribution in [3.05, 3.63) is 52.5 Å². The van der Waals surface area contributed by atoms with Crippen LogP contribution in [-0.4, -0.2) is 44.4 Å². The highest BCUT2D eigenvalue weighted by molar-refractivity contribution is 7.92. The van der Waals surface area contributed by atoms with E-state index in [-0.39, 0.29) is 20.9 Å². The molecule has 30 heavy (non-hydrogen) atoms. The number of sulfonamides is 1. The third-order valence-electron chi connectivity index (χ3n) is 3.83. The van der Waals surface area contributed by atoms with Crippen LogP contribution in [0, 0.1) is 0 Å². The number of nitrogens with one attached hydrogen (secondary N) is 1. The smallest absolute Gasteiger partial charge is 0.246 e. The van der Waals surface area contributed by atoms with Crippen LogP contribution >= 0.6 is 34.5 Å². The van der Waals surface area contributed by atoms with Crippen molar-refractivity contribution >= 4 is 61.3 Å². The third kappa shape index (κ3) is 5.60. The van der Waals surface area contributed by atoms with E-state index in [2.05, 4.69) is 15.5 Å². The van der Waals surface area contributed by atoms with Crippen LogP contribution in [0.15, 0.2) is 42.5 Å². The first-order chi connectivity index (χ1) is 14.2. The molecule has 0 aliphatic heterocycles. The van der Waals surface area contributed by atoms with Crippen molar-refractivity contribution in [1.29, 1.82) is 0 Å². The fourth-order valence-electron chi connectivity index (χ4n) is 2.50. The molecule has 0 spiro atoms. The largest absolute Gasteiger partial charge is 0.497 e. The van der Waals surface area contributed by atoms with Crippen molar-refractivity contribution in [2.45, 2.75) is 0 Å². The van der Waals surface area contributed by atoms with E-state index in [0.29, 0.717) is 10.8 Å². The Morgan fingerprint density at radius 3 is 2.33 bits per heavy atom. The summed E-state index contributed by atoms with van der Waals surface area (Å²) in [6.07, 6.45) is 0.988. The molecule has 0 radical (unpaired) electrons. The quantitative estimate of drug-likeness (QED) is 0.542. The highest BCUT2D eigenvalue weighted by atomic mass is 35.5. The number of nitrogens with zero attached hydrogens (tertiary/aromatic N) is 3. The number of hydrogen-bond donors (Lipinski definition) is 1. The molecule has 12 heteroatoms. The normalized spacial score (nSPS) is 11.2. The lowest BCUT2D eigenvalue weighted by Gasteiger charge is -2.22. The van der Waals surface area contributed by atoms with Crippen LogP contribution in [0.2, 0.25) is 10.0 Å². The van der Waals surface area contributed by atoms with Gasteiger partial charge >= 0.3 is 0 Å². The zero-order chi connectivity index (χ0) is 21.9. The molecule has 1 amide bonds. The van der Waals surface area contributed by atoms with Crippen LogP contribution in [0.1, 0.15) is 0 Å². The van der Waals surface area contributed by atoms with Gasteiger partial charge in [-0.05, 0) is 42.5 Å². The highest BCUT2D eigenvalue weighted by Crippen LogP contribution is 2.29. The van der Waals surface area contributed by atoms with Gasteiger partial charge in [0.15, 0.2) is 0 Å². The molecule has 1 aromatic heterocycles. The number of anilines is 2. The van der Waals surface area contributed by atoms with Crippen molar-refractivity contribution in [2.24, 2.45) is 0 Å². The van der Waals surface area contributed by atoms with Crippen LogP contribution in [0.5, 0.6) is 5.75 Å². The highest BCUT2D eigenvalue weighted by Gasteiger charge is 2.22. The van der Waals surface area contributed by atoms with Gasteiger partial charge < -0.3 is 4.74 Å². The lowest BCUT2D eigenvalue weighted by molar-refractivity contribution is -0.114. The van der Waals surface area contributed by atoms with Gasteiger partial charge in [-0.2, -0.15) is 0 Å². The topological polar surface area (TPSA) is 101 Å². The summed E-state index contributed by atoms with van der Waals surface area (Å²) < 4.78 is 30.4. The summed E-state index contributed by atoms with van der Waals surface area (Å²) in [4.78, 5) is 12.5. The summed E-state index contributed by atoms with van der Waals surface area (Å²) in [6, 6.07) is 11.5. The first-order valence-corrected chi connectivity index (χ1v) is 11.8. The van der Waals surface area contributed by atoms with Gasteiger partial charge in [0.05, 0.1) is 19.1 Å². The molecule has 3 rings (SSSR count). The van der Waals surface area contributed by atoms with Crippen molar-refractivity contribution in [2.75, 3.05) is 29.5 Å². The van der Waals surface area contributed by atoms with E-state index < -0.39 is 22.5 Å². The summed E-state index contributed by atoms with van der Waals surface area (Å²) in [5, 5.41) is 11.9. The fourth-order valence-corrected chi connectivity index (χ4v) is 4.62. The van der Waals surface area contributed by atoms with Gasteiger partial charge in [0, 0.05) is 15.6 Å². The van der Waals surface area contributed by atoms with Crippen LogP contribution in [0.3, 0.4) is 0 Å². The Morgan fingerprint density at radius 2 is 1.77 bits per heavy atom. The number of hydrogen-bond acceptors (Lipinski definition) is 7. The van der Waals surface area contributed by atoms with E-state index in [9.17, 15) is 13.2 Å². The monoisotopic (exact) mass is 486 g/mol. The van der Waals surface area contributed by atoms with Gasteiger partial charge in [0.2, 0.25) is 21.1 Å². The molecular weight excluding hydrogens is 471 g/mol. The lowest BCUT2D eigenvalue weighted by atomic mass is 10.2. The Hall–Kier alpha value is -2.40. The van der Waals surface area contributed by atoms with Crippen LogP contribution in [0.25, 0.3) is 10.6 Å². The van der Waals surface area contributed by atoms with Gasteiger partial charge in [-0.15, -0.1) is 10.2 Å². The maximum absolute atomic E-state index is 12.5. The molecule has 3 aromatic rings. The fraction of sp³-hybridized carbons (Fsp3) is 0.167. The minimum atomic E-state index is -3.77. The van der Waals surface area contributed by atoms with Gasteiger partial charge in [-0.25, -0.2) is 8.42 Å². The SMILES string of the molecule is COc1ccc(-c2nnc(NC(=O)CN(c3cc(Cl)cc(Cl)c3)S(C)(=O)=O)s2)cc1. The molecule has 0 saturated carbocycles. The van der Waals surface area contributed by atoms with Gasteiger partial charge in [0.25, 0.3) is 0 Å². The van der Waals surface area contributed by atoms with Gasteiger partial charge in [-0.3, -0.25) is 14.4 Å². The number of carbonyl (C=O) groups excluding carboxylic acids is 1. The number of methoxy groups -OCH3 is 1. The number of halogens is 2. The first-order valence-electron chi connectivity index (χ1n) is 8.37. The first kappa shape index (κ1) is 22.3. The number of rotatable bonds is 7. The van der Waals surface area contributed by atoms with E-state index >= 15 is 0 Å². The Bertz CT molecular complexity index is 1150. The summed E-state index contributed by atoms with van der Waals surface area (Å²) in [5.74, 6) is 0.118. The van der Waals surface area contributed by atoms with Crippen molar-refractivity contribution in [1.82, 2.24) is 10.2 Å². The number of ether oxygens (including phenoxy) is 1. The molecule has 0 aliphatic rings. The number of aromatic nitrogens is 2. The summed E-state index contributed by atoms with van der Waals surface area (Å²) in [5.41, 5.74) is 0.987. The second-order valence-corrected chi connectivity index (χ2v) is 9.84. The molecular formula is C18H16Cl2N4O4S2. The minimum absolute atomic E-state index is 0.182. The number of amides is 1. The van der Waals surface area contributed by atoms with E-state index in [1.54, 1.807) is 19.2 Å². The summed E-state index contributed by atoms with van der Waals surface area (Å²) >= 11 is 13.1. The van der Waals surface area contributed by atoms with E-state index in [0.717, 1.165) is 27.5 Å². The Kier molecular flexibility index (Phi) is 6.81. The number of benzene rings is 2. The van der Waals surface area contributed by atoms with Crippen LogP contribution < -0.4 is 14.4 Å². The van der Waals surface area contributed by atoms with Crippen molar-refractivity contribution in [3.63, 3.8) is 0 Å². The maximum Gasteiger partial charge on any atom is 0.246 e. The molecule has 0 aliphatic carbocycles. The van der Waals surface area contributed by atoms with Crippen molar-refractivity contribution < 1.29 is 17.9 Å². The minimum Gasteiger partial charge on any atom is -0.497 e. The average molecular weight is 487 g/mol. The summed E-state index contributed by atoms with van der Waals surface area (Å²) in [7, 11) is -2.20. The molecule has 0 saturated heterocycles. The second-order valence-electron chi connectivity index (χ2n) is 6.09.